The fourth-order valence-corrected chi connectivity index (χ4v) is 3.06. The first-order valence-corrected chi connectivity index (χ1v) is 7.85. The minimum atomic E-state index is -0.297. The lowest BCUT2D eigenvalue weighted by Gasteiger charge is -2.38. The molecule has 1 aromatic rings. The first-order chi connectivity index (χ1) is 10.8. The maximum Gasteiger partial charge on any atom is 0.338 e. The average Bonchev–Trinajstić information content (AvgIpc) is 3.03. The summed E-state index contributed by atoms with van der Waals surface area (Å²) in [5.74, 6) is 1.08. The van der Waals surface area contributed by atoms with Crippen molar-refractivity contribution in [3.63, 3.8) is 0 Å². The minimum Gasteiger partial charge on any atom is -0.458 e. The molecule has 0 amide bonds. The van der Waals surface area contributed by atoms with Gasteiger partial charge in [-0.3, -0.25) is 0 Å². The van der Waals surface area contributed by atoms with Crippen molar-refractivity contribution in [3.05, 3.63) is 59.9 Å². The first kappa shape index (κ1) is 14.7. The van der Waals surface area contributed by atoms with Crippen LogP contribution in [0.2, 0.25) is 0 Å². The van der Waals surface area contributed by atoms with Gasteiger partial charge in [0.2, 0.25) is 0 Å². The highest BCUT2D eigenvalue weighted by atomic mass is 16.5. The van der Waals surface area contributed by atoms with Crippen molar-refractivity contribution in [2.45, 2.75) is 19.4 Å². The van der Waals surface area contributed by atoms with Crippen LogP contribution in [0, 0.1) is 0 Å². The molecule has 1 aromatic carbocycles. The molecular formula is C18H22N2O2. The largest absolute Gasteiger partial charge is 0.458 e. The predicted molar refractivity (Wildman–Crippen MR) is 86.2 cm³/mol. The second kappa shape index (κ2) is 6.69. The third-order valence-electron chi connectivity index (χ3n) is 4.13. The summed E-state index contributed by atoms with van der Waals surface area (Å²) in [4.78, 5) is 16.7. The van der Waals surface area contributed by atoms with E-state index >= 15 is 0 Å². The van der Waals surface area contributed by atoms with Gasteiger partial charge in [0.25, 0.3) is 0 Å². The van der Waals surface area contributed by atoms with Crippen LogP contribution >= 0.6 is 0 Å². The standard InChI is InChI=1S/C18H22N2O2/c1-2-13-22-18(21)16-8-6-15(7-9-16)14-20-12-4-11-19-10-3-5-17(19)20/h2,5-9H,1,3-4,10-14H2. The van der Waals surface area contributed by atoms with Gasteiger partial charge in [-0.15, -0.1) is 0 Å². The molecule has 3 rings (SSSR count). The van der Waals surface area contributed by atoms with Gasteiger partial charge >= 0.3 is 5.97 Å². The van der Waals surface area contributed by atoms with E-state index in [2.05, 4.69) is 22.5 Å². The van der Waals surface area contributed by atoms with Crippen LogP contribution in [0.5, 0.6) is 0 Å². The predicted octanol–water partition coefficient (Wildman–Crippen LogP) is 2.78. The molecule has 0 N–H and O–H groups in total. The van der Waals surface area contributed by atoms with Crippen molar-refractivity contribution in [3.8, 4) is 0 Å². The van der Waals surface area contributed by atoms with Gasteiger partial charge < -0.3 is 14.5 Å². The molecule has 0 spiro atoms. The van der Waals surface area contributed by atoms with Crippen LogP contribution in [0.3, 0.4) is 0 Å². The van der Waals surface area contributed by atoms with Crippen LogP contribution in [0.1, 0.15) is 28.8 Å². The minimum absolute atomic E-state index is 0.248. The molecular weight excluding hydrogens is 276 g/mol. The van der Waals surface area contributed by atoms with Gasteiger partial charge in [0, 0.05) is 26.2 Å². The van der Waals surface area contributed by atoms with Gasteiger partial charge in [-0.25, -0.2) is 4.79 Å². The lowest BCUT2D eigenvalue weighted by atomic mass is 10.1. The van der Waals surface area contributed by atoms with Crippen molar-refractivity contribution >= 4 is 5.97 Å². The molecule has 0 unspecified atom stereocenters. The number of nitrogens with zero attached hydrogens (tertiary/aromatic N) is 2. The Hall–Kier alpha value is -2.23. The fraction of sp³-hybridized carbons (Fsp3) is 0.389. The molecule has 0 aromatic heterocycles. The molecule has 2 aliphatic rings. The summed E-state index contributed by atoms with van der Waals surface area (Å²) < 4.78 is 5.04. The summed E-state index contributed by atoms with van der Waals surface area (Å²) in [6, 6.07) is 7.70. The van der Waals surface area contributed by atoms with Crippen LogP contribution in [0.15, 0.2) is 48.8 Å². The molecule has 2 aliphatic heterocycles. The molecule has 116 valence electrons. The van der Waals surface area contributed by atoms with E-state index in [0.29, 0.717) is 5.56 Å². The van der Waals surface area contributed by atoms with Crippen LogP contribution < -0.4 is 0 Å². The van der Waals surface area contributed by atoms with Crippen molar-refractivity contribution < 1.29 is 9.53 Å². The average molecular weight is 298 g/mol. The molecule has 0 radical (unpaired) electrons. The van der Waals surface area contributed by atoms with E-state index in [1.54, 1.807) is 6.08 Å². The van der Waals surface area contributed by atoms with E-state index in [9.17, 15) is 4.79 Å². The second-order valence-corrected chi connectivity index (χ2v) is 5.70. The van der Waals surface area contributed by atoms with Crippen LogP contribution in [-0.2, 0) is 11.3 Å². The number of fused-ring (bicyclic) bond motifs is 1. The maximum absolute atomic E-state index is 11.8. The number of hydrogen-bond donors (Lipinski definition) is 0. The zero-order valence-electron chi connectivity index (χ0n) is 12.8. The van der Waals surface area contributed by atoms with Crippen molar-refractivity contribution in [2.75, 3.05) is 26.2 Å². The second-order valence-electron chi connectivity index (χ2n) is 5.70. The summed E-state index contributed by atoms with van der Waals surface area (Å²) in [7, 11) is 0. The number of benzene rings is 1. The molecule has 0 aliphatic carbocycles. The molecule has 1 fully saturated rings. The van der Waals surface area contributed by atoms with Gasteiger partial charge in [0.1, 0.15) is 12.4 Å². The smallest absolute Gasteiger partial charge is 0.338 e. The molecule has 4 nitrogen and oxygen atoms in total. The van der Waals surface area contributed by atoms with Gasteiger partial charge in [0.05, 0.1) is 5.56 Å². The summed E-state index contributed by atoms with van der Waals surface area (Å²) >= 11 is 0. The quantitative estimate of drug-likeness (QED) is 0.618. The van der Waals surface area contributed by atoms with Crippen LogP contribution in [0.25, 0.3) is 0 Å². The van der Waals surface area contributed by atoms with Crippen molar-refractivity contribution in [2.24, 2.45) is 0 Å². The maximum atomic E-state index is 11.8. The van der Waals surface area contributed by atoms with E-state index in [1.807, 2.05) is 24.3 Å². The summed E-state index contributed by atoms with van der Waals surface area (Å²) in [6.45, 7) is 8.11. The van der Waals surface area contributed by atoms with Gasteiger partial charge in [-0.05, 0) is 36.6 Å². The molecule has 1 saturated heterocycles. The Morgan fingerprint density at radius 3 is 2.82 bits per heavy atom. The topological polar surface area (TPSA) is 32.8 Å². The normalized spacial score (nSPS) is 17.0. The number of esters is 1. The Morgan fingerprint density at radius 2 is 2.05 bits per heavy atom. The molecule has 4 heteroatoms. The van der Waals surface area contributed by atoms with Gasteiger partial charge in [-0.2, -0.15) is 0 Å². The third-order valence-corrected chi connectivity index (χ3v) is 4.13. The zero-order chi connectivity index (χ0) is 15.4. The van der Waals surface area contributed by atoms with Crippen LogP contribution in [0.4, 0.5) is 0 Å². The molecule has 2 heterocycles. The Labute approximate surface area is 131 Å². The number of hydrogen-bond acceptors (Lipinski definition) is 4. The fourth-order valence-electron chi connectivity index (χ4n) is 3.06. The van der Waals surface area contributed by atoms with E-state index in [1.165, 1.54) is 24.4 Å². The number of ether oxygens (including phenoxy) is 1. The highest BCUT2D eigenvalue weighted by Crippen LogP contribution is 2.25. The summed E-state index contributed by atoms with van der Waals surface area (Å²) in [6.07, 6.45) is 6.27. The van der Waals surface area contributed by atoms with E-state index in [-0.39, 0.29) is 12.6 Å². The lowest BCUT2D eigenvalue weighted by molar-refractivity contribution is 0.0549. The van der Waals surface area contributed by atoms with E-state index in [4.69, 9.17) is 4.74 Å². The Kier molecular flexibility index (Phi) is 4.47. The zero-order valence-corrected chi connectivity index (χ0v) is 12.8. The molecule has 0 saturated carbocycles. The monoisotopic (exact) mass is 298 g/mol. The SMILES string of the molecule is C=CCOC(=O)c1ccc(CN2CCCN3CCC=C32)cc1. The number of carbonyl (C=O) groups is 1. The molecule has 0 bridgehead atoms. The third kappa shape index (κ3) is 3.16. The van der Waals surface area contributed by atoms with Crippen molar-refractivity contribution in [1.29, 1.82) is 0 Å². The van der Waals surface area contributed by atoms with Gasteiger partial charge in [-0.1, -0.05) is 24.8 Å². The Bertz CT molecular complexity index is 577. The Morgan fingerprint density at radius 1 is 1.23 bits per heavy atom. The molecule has 22 heavy (non-hydrogen) atoms. The van der Waals surface area contributed by atoms with E-state index in [0.717, 1.165) is 26.1 Å². The Balaban J connectivity index is 1.63. The number of rotatable bonds is 5. The highest BCUT2D eigenvalue weighted by Gasteiger charge is 2.24. The van der Waals surface area contributed by atoms with Crippen LogP contribution in [-0.4, -0.2) is 42.0 Å². The summed E-state index contributed by atoms with van der Waals surface area (Å²) in [5.41, 5.74) is 1.81. The lowest BCUT2D eigenvalue weighted by Crippen LogP contribution is -2.39. The first-order valence-electron chi connectivity index (χ1n) is 7.85. The van der Waals surface area contributed by atoms with Crippen molar-refractivity contribution in [1.82, 2.24) is 9.80 Å². The van der Waals surface area contributed by atoms with Gasteiger partial charge in [0.15, 0.2) is 0 Å². The van der Waals surface area contributed by atoms with E-state index < -0.39 is 0 Å². The molecule has 0 atom stereocenters. The highest BCUT2D eigenvalue weighted by molar-refractivity contribution is 5.89. The number of carbonyl (C=O) groups excluding carboxylic acids is 1. The summed E-state index contributed by atoms with van der Waals surface area (Å²) in [5, 5.41) is 0.